The van der Waals surface area contributed by atoms with E-state index in [9.17, 15) is 0 Å². The lowest BCUT2D eigenvalue weighted by molar-refractivity contribution is 0.813. The molecule has 0 fully saturated rings. The Kier molecular flexibility index (Phi) is 3.27. The Morgan fingerprint density at radius 2 is 2.00 bits per heavy atom. The van der Waals surface area contributed by atoms with E-state index in [0.717, 1.165) is 23.4 Å². The summed E-state index contributed by atoms with van der Waals surface area (Å²) in [6, 6.07) is 6.22. The van der Waals surface area contributed by atoms with Gasteiger partial charge in [-0.15, -0.1) is 0 Å². The topological polar surface area (TPSA) is 37.8 Å². The molecule has 2 aromatic heterocycles. The lowest BCUT2D eigenvalue weighted by atomic mass is 10.1. The molecule has 2 rings (SSSR count). The molecule has 3 nitrogen and oxygen atoms in total. The predicted octanol–water partition coefficient (Wildman–Crippen LogP) is 2.17. The van der Waals surface area contributed by atoms with Gasteiger partial charge in [0.15, 0.2) is 0 Å². The molecular weight excluding hydrogens is 198 g/mol. The minimum Gasteiger partial charge on any atom is -0.316 e. The highest BCUT2D eigenvalue weighted by atomic mass is 14.8. The molecule has 0 atom stereocenters. The van der Waals surface area contributed by atoms with E-state index < -0.39 is 0 Å². The third-order valence-electron chi connectivity index (χ3n) is 2.42. The number of nitrogens with one attached hydrogen (secondary N) is 1. The van der Waals surface area contributed by atoms with Crippen molar-refractivity contribution in [3.05, 3.63) is 48.0 Å². The minimum absolute atomic E-state index is 0.833. The normalized spacial score (nSPS) is 10.4. The molecule has 0 saturated carbocycles. The molecule has 0 bridgehead atoms. The summed E-state index contributed by atoms with van der Waals surface area (Å²) in [4.78, 5) is 8.52. The molecule has 16 heavy (non-hydrogen) atoms. The average molecular weight is 213 g/mol. The Bertz CT molecular complexity index is 463. The van der Waals surface area contributed by atoms with E-state index in [4.69, 9.17) is 0 Å². The SMILES string of the molecule is CNCc1cncc(-c2ccc(C)nc2)c1. The van der Waals surface area contributed by atoms with Gasteiger partial charge in [-0.05, 0) is 31.7 Å². The first-order valence-corrected chi connectivity index (χ1v) is 5.31. The van der Waals surface area contributed by atoms with E-state index in [1.165, 1.54) is 5.56 Å². The van der Waals surface area contributed by atoms with Crippen LogP contribution in [-0.4, -0.2) is 17.0 Å². The van der Waals surface area contributed by atoms with Crippen LogP contribution >= 0.6 is 0 Å². The number of aromatic nitrogens is 2. The fourth-order valence-electron chi connectivity index (χ4n) is 1.58. The van der Waals surface area contributed by atoms with Gasteiger partial charge >= 0.3 is 0 Å². The summed E-state index contributed by atoms with van der Waals surface area (Å²) in [5, 5.41) is 3.12. The number of aryl methyl sites for hydroxylation is 1. The molecule has 1 N–H and O–H groups in total. The number of rotatable bonds is 3. The van der Waals surface area contributed by atoms with Crippen LogP contribution < -0.4 is 5.32 Å². The van der Waals surface area contributed by atoms with Gasteiger partial charge in [0.05, 0.1) is 0 Å². The molecule has 0 amide bonds. The van der Waals surface area contributed by atoms with Crippen LogP contribution in [0, 0.1) is 6.92 Å². The predicted molar refractivity (Wildman–Crippen MR) is 65.0 cm³/mol. The molecular formula is C13H15N3. The van der Waals surface area contributed by atoms with Gasteiger partial charge in [0.2, 0.25) is 0 Å². The second-order valence-corrected chi connectivity index (χ2v) is 3.80. The van der Waals surface area contributed by atoms with Crippen molar-refractivity contribution in [2.24, 2.45) is 0 Å². The third-order valence-corrected chi connectivity index (χ3v) is 2.42. The summed E-state index contributed by atoms with van der Waals surface area (Å²) in [6.07, 6.45) is 5.63. The van der Waals surface area contributed by atoms with Gasteiger partial charge in [0, 0.05) is 42.0 Å². The van der Waals surface area contributed by atoms with Crippen LogP contribution in [0.1, 0.15) is 11.3 Å². The van der Waals surface area contributed by atoms with E-state index in [2.05, 4.69) is 27.4 Å². The Morgan fingerprint density at radius 1 is 1.12 bits per heavy atom. The van der Waals surface area contributed by atoms with Crippen molar-refractivity contribution in [3.8, 4) is 11.1 Å². The molecule has 0 radical (unpaired) electrons. The third kappa shape index (κ3) is 2.44. The maximum atomic E-state index is 4.29. The summed E-state index contributed by atoms with van der Waals surface area (Å²) < 4.78 is 0. The zero-order valence-corrected chi connectivity index (χ0v) is 9.57. The fraction of sp³-hybridized carbons (Fsp3) is 0.231. The zero-order chi connectivity index (χ0) is 11.4. The molecule has 0 aliphatic heterocycles. The first kappa shape index (κ1) is 10.8. The maximum absolute atomic E-state index is 4.29. The van der Waals surface area contributed by atoms with Crippen molar-refractivity contribution < 1.29 is 0 Å². The van der Waals surface area contributed by atoms with Crippen LogP contribution in [0.3, 0.4) is 0 Å². The van der Waals surface area contributed by atoms with Crippen molar-refractivity contribution in [2.45, 2.75) is 13.5 Å². The number of hydrogen-bond donors (Lipinski definition) is 1. The molecule has 0 aromatic carbocycles. The van der Waals surface area contributed by atoms with Gasteiger partial charge < -0.3 is 5.32 Å². The number of pyridine rings is 2. The van der Waals surface area contributed by atoms with E-state index in [1.54, 1.807) is 0 Å². The van der Waals surface area contributed by atoms with Gasteiger partial charge in [0.25, 0.3) is 0 Å². The highest BCUT2D eigenvalue weighted by molar-refractivity contribution is 5.61. The maximum Gasteiger partial charge on any atom is 0.0373 e. The van der Waals surface area contributed by atoms with Crippen LogP contribution in [0.4, 0.5) is 0 Å². The summed E-state index contributed by atoms with van der Waals surface area (Å²) >= 11 is 0. The zero-order valence-electron chi connectivity index (χ0n) is 9.57. The number of nitrogens with zero attached hydrogens (tertiary/aromatic N) is 2. The van der Waals surface area contributed by atoms with E-state index in [1.807, 2.05) is 38.6 Å². The molecule has 0 aliphatic carbocycles. The van der Waals surface area contributed by atoms with Gasteiger partial charge in [0.1, 0.15) is 0 Å². The second-order valence-electron chi connectivity index (χ2n) is 3.80. The van der Waals surface area contributed by atoms with Crippen LogP contribution in [0.25, 0.3) is 11.1 Å². The van der Waals surface area contributed by atoms with Crippen LogP contribution in [-0.2, 0) is 6.54 Å². The summed E-state index contributed by atoms with van der Waals surface area (Å²) in [7, 11) is 1.93. The van der Waals surface area contributed by atoms with Gasteiger partial charge in [-0.3, -0.25) is 9.97 Å². The van der Waals surface area contributed by atoms with Crippen LogP contribution in [0.2, 0.25) is 0 Å². The highest BCUT2D eigenvalue weighted by Crippen LogP contribution is 2.18. The van der Waals surface area contributed by atoms with Crippen molar-refractivity contribution in [3.63, 3.8) is 0 Å². The molecule has 2 heterocycles. The van der Waals surface area contributed by atoms with Gasteiger partial charge in [-0.25, -0.2) is 0 Å². The smallest absolute Gasteiger partial charge is 0.0373 e. The first-order chi connectivity index (χ1) is 7.79. The average Bonchev–Trinajstić information content (AvgIpc) is 2.31. The standard InChI is InChI=1S/C13H15N3/c1-10-3-4-12(9-16-10)13-5-11(6-14-2)7-15-8-13/h3-5,7-9,14H,6H2,1-2H3. The van der Waals surface area contributed by atoms with Crippen molar-refractivity contribution in [2.75, 3.05) is 7.05 Å². The monoisotopic (exact) mass is 213 g/mol. The Morgan fingerprint density at radius 3 is 2.69 bits per heavy atom. The highest BCUT2D eigenvalue weighted by Gasteiger charge is 2.00. The van der Waals surface area contributed by atoms with E-state index >= 15 is 0 Å². The van der Waals surface area contributed by atoms with Gasteiger partial charge in [-0.2, -0.15) is 0 Å². The van der Waals surface area contributed by atoms with Crippen molar-refractivity contribution >= 4 is 0 Å². The fourth-order valence-corrected chi connectivity index (χ4v) is 1.58. The molecule has 2 aromatic rings. The lowest BCUT2D eigenvalue weighted by Gasteiger charge is -2.04. The Labute approximate surface area is 95.6 Å². The van der Waals surface area contributed by atoms with Crippen molar-refractivity contribution in [1.29, 1.82) is 0 Å². The van der Waals surface area contributed by atoms with E-state index in [0.29, 0.717) is 0 Å². The molecule has 3 heteroatoms. The summed E-state index contributed by atoms with van der Waals surface area (Å²) in [6.45, 7) is 2.82. The summed E-state index contributed by atoms with van der Waals surface area (Å²) in [5.41, 5.74) is 4.43. The first-order valence-electron chi connectivity index (χ1n) is 5.31. The minimum atomic E-state index is 0.833. The Hall–Kier alpha value is -1.74. The molecule has 0 aliphatic rings. The molecule has 0 unspecified atom stereocenters. The molecule has 0 spiro atoms. The van der Waals surface area contributed by atoms with E-state index in [-0.39, 0.29) is 0 Å². The van der Waals surface area contributed by atoms with Crippen LogP contribution in [0.5, 0.6) is 0 Å². The molecule has 0 saturated heterocycles. The largest absolute Gasteiger partial charge is 0.316 e. The summed E-state index contributed by atoms with van der Waals surface area (Å²) in [5.74, 6) is 0. The van der Waals surface area contributed by atoms with Gasteiger partial charge in [-0.1, -0.05) is 6.07 Å². The second kappa shape index (κ2) is 4.86. The van der Waals surface area contributed by atoms with Crippen molar-refractivity contribution in [1.82, 2.24) is 15.3 Å². The Balaban J connectivity index is 2.32. The van der Waals surface area contributed by atoms with Crippen LogP contribution in [0.15, 0.2) is 36.8 Å². The molecule has 82 valence electrons. The quantitative estimate of drug-likeness (QED) is 0.849. The number of hydrogen-bond acceptors (Lipinski definition) is 3. The lowest BCUT2D eigenvalue weighted by Crippen LogP contribution is -2.05.